The van der Waals surface area contributed by atoms with Crippen molar-refractivity contribution in [3.8, 4) is 0 Å². The number of nitrogens with one attached hydrogen (secondary N) is 4. The third kappa shape index (κ3) is 14.2. The average Bonchev–Trinajstić information content (AvgIpc) is 3.23. The van der Waals surface area contributed by atoms with Crippen molar-refractivity contribution in [1.29, 1.82) is 0 Å². The van der Waals surface area contributed by atoms with Crippen LogP contribution in [0.25, 0.3) is 0 Å². The number of rotatable bonds is 19. The summed E-state index contributed by atoms with van der Waals surface area (Å²) in [5.41, 5.74) is 0.715. The zero-order valence-electron chi connectivity index (χ0n) is 27.7. The molecular weight excluding hydrogens is 570 g/mol. The molecule has 0 aliphatic heterocycles. The van der Waals surface area contributed by atoms with Gasteiger partial charge < -0.3 is 30.8 Å². The van der Waals surface area contributed by atoms with Gasteiger partial charge in [0.1, 0.15) is 17.8 Å². The van der Waals surface area contributed by atoms with Gasteiger partial charge in [-0.3, -0.25) is 19.2 Å². The van der Waals surface area contributed by atoms with Gasteiger partial charge in [-0.2, -0.15) is 11.8 Å². The monoisotopic (exact) mass is 625 g/mol. The van der Waals surface area contributed by atoms with E-state index in [4.69, 9.17) is 4.42 Å². The van der Waals surface area contributed by atoms with Crippen LogP contribution in [0.1, 0.15) is 85.1 Å². The summed E-state index contributed by atoms with van der Waals surface area (Å²) in [6, 6.07) is -2.11. The second kappa shape index (κ2) is 18.9. The standard InChI is InChI=1S/C31H55N5O6S/c1-17(2)13-24(26(37)14-20(7)29(39)36-28(19(5)6)31(41)32-15-18(3)4)35-30(40)25(16-43-10)34-27(38)12-11-23-21(8)42-22(9)33-23/h17-20,24-26,28,37H,11-16H2,1-10H3,(H,32,41)(H,34,38)(H,35,40)(H,36,39)/t20-,24-,25+,26+,28-/m1/s1. The van der Waals surface area contributed by atoms with Crippen LogP contribution >= 0.6 is 11.8 Å². The number of oxazole rings is 1. The van der Waals surface area contributed by atoms with Crippen molar-refractivity contribution in [3.05, 3.63) is 17.3 Å². The number of carbonyl (C=O) groups is 4. The lowest BCUT2D eigenvalue weighted by Gasteiger charge is -2.30. The van der Waals surface area contributed by atoms with Gasteiger partial charge in [-0.15, -0.1) is 0 Å². The van der Waals surface area contributed by atoms with Gasteiger partial charge in [0, 0.05) is 38.0 Å². The van der Waals surface area contributed by atoms with Crippen molar-refractivity contribution >= 4 is 35.4 Å². The highest BCUT2D eigenvalue weighted by Gasteiger charge is 2.31. The number of aromatic nitrogens is 1. The van der Waals surface area contributed by atoms with E-state index in [2.05, 4.69) is 26.3 Å². The van der Waals surface area contributed by atoms with E-state index in [0.717, 1.165) is 0 Å². The molecule has 12 heteroatoms. The summed E-state index contributed by atoms with van der Waals surface area (Å²) in [5.74, 6) is 0.0519. The zero-order valence-corrected chi connectivity index (χ0v) is 28.5. The Morgan fingerprint density at radius 2 is 1.53 bits per heavy atom. The molecule has 1 rings (SSSR count). The highest BCUT2D eigenvalue weighted by Crippen LogP contribution is 2.17. The number of aliphatic hydroxyl groups excluding tert-OH is 1. The highest BCUT2D eigenvalue weighted by atomic mass is 32.2. The summed E-state index contributed by atoms with van der Waals surface area (Å²) < 4.78 is 5.42. The molecule has 5 atom stereocenters. The summed E-state index contributed by atoms with van der Waals surface area (Å²) >= 11 is 1.43. The van der Waals surface area contributed by atoms with Gasteiger partial charge in [0.05, 0.1) is 17.8 Å². The molecule has 1 aromatic heterocycles. The fourth-order valence-electron chi connectivity index (χ4n) is 4.63. The van der Waals surface area contributed by atoms with E-state index in [-0.39, 0.29) is 54.2 Å². The Hall–Kier alpha value is -2.60. The maximum atomic E-state index is 13.3. The van der Waals surface area contributed by atoms with Crippen LogP contribution in [0.2, 0.25) is 0 Å². The number of thioether (sulfide) groups is 1. The minimum Gasteiger partial charge on any atom is -0.446 e. The topological polar surface area (TPSA) is 163 Å². The molecule has 0 aliphatic carbocycles. The Kier molecular flexibility index (Phi) is 16.9. The van der Waals surface area contributed by atoms with E-state index in [9.17, 15) is 24.3 Å². The van der Waals surface area contributed by atoms with Crippen LogP contribution in [0.4, 0.5) is 0 Å². The quantitative estimate of drug-likeness (QED) is 0.157. The Morgan fingerprint density at radius 1 is 0.884 bits per heavy atom. The molecule has 1 heterocycles. The fourth-order valence-corrected chi connectivity index (χ4v) is 5.20. The van der Waals surface area contributed by atoms with Crippen molar-refractivity contribution in [2.45, 2.75) is 112 Å². The van der Waals surface area contributed by atoms with Crippen LogP contribution in [0.5, 0.6) is 0 Å². The van der Waals surface area contributed by atoms with Gasteiger partial charge in [-0.1, -0.05) is 48.5 Å². The van der Waals surface area contributed by atoms with E-state index in [0.29, 0.717) is 42.5 Å². The second-order valence-electron chi connectivity index (χ2n) is 12.6. The van der Waals surface area contributed by atoms with E-state index in [1.807, 2.05) is 47.8 Å². The smallest absolute Gasteiger partial charge is 0.243 e. The third-order valence-corrected chi connectivity index (χ3v) is 7.73. The fraction of sp³-hybridized carbons (Fsp3) is 0.774. The van der Waals surface area contributed by atoms with E-state index in [1.54, 1.807) is 20.8 Å². The van der Waals surface area contributed by atoms with Crippen LogP contribution in [-0.4, -0.2) is 76.5 Å². The Labute approximate surface area is 261 Å². The minimum absolute atomic E-state index is 0.0952. The van der Waals surface area contributed by atoms with Crippen LogP contribution in [-0.2, 0) is 25.6 Å². The summed E-state index contributed by atoms with van der Waals surface area (Å²) in [7, 11) is 0. The summed E-state index contributed by atoms with van der Waals surface area (Å²) in [4.78, 5) is 56.1. The molecule has 0 aliphatic rings. The molecule has 0 fully saturated rings. The lowest BCUT2D eigenvalue weighted by Crippen LogP contribution is -2.54. The summed E-state index contributed by atoms with van der Waals surface area (Å²) in [6.07, 6.45) is 1.97. The van der Waals surface area contributed by atoms with Gasteiger partial charge >= 0.3 is 0 Å². The minimum atomic E-state index is -1.01. The molecule has 4 amide bonds. The molecule has 0 radical (unpaired) electrons. The lowest BCUT2D eigenvalue weighted by molar-refractivity contribution is -0.132. The van der Waals surface area contributed by atoms with Gasteiger partial charge in [0.25, 0.3) is 0 Å². The average molecular weight is 626 g/mol. The van der Waals surface area contributed by atoms with Crippen LogP contribution in [0.15, 0.2) is 4.42 Å². The maximum absolute atomic E-state index is 13.3. The third-order valence-electron chi connectivity index (χ3n) is 7.07. The summed E-state index contributed by atoms with van der Waals surface area (Å²) in [5, 5.41) is 22.6. The number of amides is 4. The highest BCUT2D eigenvalue weighted by molar-refractivity contribution is 7.98. The molecule has 1 aromatic rings. The maximum Gasteiger partial charge on any atom is 0.243 e. The zero-order chi connectivity index (χ0) is 32.9. The first-order valence-corrected chi connectivity index (χ1v) is 16.7. The lowest BCUT2D eigenvalue weighted by atomic mass is 9.91. The SMILES string of the molecule is CSC[C@H](NC(=O)CCc1nc(C)oc1C)C(=O)N[C@H](CC(C)C)[C@@H](O)C[C@@H](C)C(=O)N[C@@H](C(=O)NCC(C)C)C(C)C. The Balaban J connectivity index is 2.85. The largest absolute Gasteiger partial charge is 0.446 e. The molecule has 0 aromatic carbocycles. The summed E-state index contributed by atoms with van der Waals surface area (Å²) in [6.45, 7) is 17.5. The van der Waals surface area contributed by atoms with Crippen LogP contribution in [0, 0.1) is 37.5 Å². The van der Waals surface area contributed by atoms with E-state index >= 15 is 0 Å². The molecule has 43 heavy (non-hydrogen) atoms. The number of aryl methyl sites for hydroxylation is 3. The molecular formula is C31H55N5O6S. The van der Waals surface area contributed by atoms with E-state index < -0.39 is 30.1 Å². The molecule has 5 N–H and O–H groups in total. The Morgan fingerprint density at radius 3 is 2.05 bits per heavy atom. The molecule has 0 spiro atoms. The Bertz CT molecular complexity index is 1040. The molecule has 0 bridgehead atoms. The predicted molar refractivity (Wildman–Crippen MR) is 170 cm³/mol. The van der Waals surface area contributed by atoms with Crippen molar-refractivity contribution in [2.24, 2.45) is 23.7 Å². The van der Waals surface area contributed by atoms with Gasteiger partial charge in [-0.05, 0) is 43.8 Å². The number of carbonyl (C=O) groups excluding carboxylic acids is 4. The molecule has 0 saturated carbocycles. The number of aliphatic hydroxyl groups is 1. The van der Waals surface area contributed by atoms with Crippen LogP contribution < -0.4 is 21.3 Å². The number of nitrogens with zero attached hydrogens (tertiary/aromatic N) is 1. The van der Waals surface area contributed by atoms with Crippen molar-refractivity contribution in [2.75, 3.05) is 18.6 Å². The van der Waals surface area contributed by atoms with Gasteiger partial charge in [0.2, 0.25) is 23.6 Å². The van der Waals surface area contributed by atoms with Crippen molar-refractivity contribution < 1.29 is 28.7 Å². The van der Waals surface area contributed by atoms with Crippen molar-refractivity contribution in [1.82, 2.24) is 26.3 Å². The molecule has 11 nitrogen and oxygen atoms in total. The second-order valence-corrected chi connectivity index (χ2v) is 13.5. The molecule has 0 saturated heterocycles. The number of hydrogen-bond acceptors (Lipinski definition) is 8. The van der Waals surface area contributed by atoms with Gasteiger partial charge in [-0.25, -0.2) is 4.98 Å². The molecule has 246 valence electrons. The molecule has 0 unspecified atom stereocenters. The first-order valence-electron chi connectivity index (χ1n) is 15.3. The van der Waals surface area contributed by atoms with E-state index in [1.165, 1.54) is 11.8 Å². The van der Waals surface area contributed by atoms with Crippen molar-refractivity contribution in [3.63, 3.8) is 0 Å². The number of hydrogen-bond donors (Lipinski definition) is 5. The predicted octanol–water partition coefficient (Wildman–Crippen LogP) is 2.90. The first-order chi connectivity index (χ1) is 20.0. The first kappa shape index (κ1) is 38.4. The van der Waals surface area contributed by atoms with Gasteiger partial charge in [0.15, 0.2) is 5.89 Å². The van der Waals surface area contributed by atoms with Crippen LogP contribution in [0.3, 0.4) is 0 Å². The normalized spacial score (nSPS) is 15.1.